The van der Waals surface area contributed by atoms with Gasteiger partial charge in [-0.25, -0.2) is 0 Å². The van der Waals surface area contributed by atoms with Gasteiger partial charge in [0.15, 0.2) is 0 Å². The van der Waals surface area contributed by atoms with Crippen molar-refractivity contribution in [3.05, 3.63) is 43.7 Å². The molecule has 0 fully saturated rings. The van der Waals surface area contributed by atoms with Crippen molar-refractivity contribution in [3.8, 4) is 0 Å². The van der Waals surface area contributed by atoms with Crippen molar-refractivity contribution in [2.75, 3.05) is 7.11 Å². The second-order valence-electron chi connectivity index (χ2n) is 5.00. The Hall–Kier alpha value is -0.880. The Morgan fingerprint density at radius 1 is 1.29 bits per heavy atom. The Bertz CT molecular complexity index is 580. The molecule has 3 nitrogen and oxygen atoms in total. The Labute approximate surface area is 137 Å². The van der Waals surface area contributed by atoms with Crippen molar-refractivity contribution in [3.63, 3.8) is 0 Å². The van der Waals surface area contributed by atoms with E-state index in [9.17, 15) is 4.79 Å². The summed E-state index contributed by atoms with van der Waals surface area (Å²) in [5.41, 5.74) is 0. The van der Waals surface area contributed by atoms with Crippen molar-refractivity contribution in [2.45, 2.75) is 25.9 Å². The maximum Gasteiger partial charge on any atom is 0.323 e. The second-order valence-corrected chi connectivity index (χ2v) is 7.73. The summed E-state index contributed by atoms with van der Waals surface area (Å²) in [6.07, 6.45) is 0. The molecule has 0 aliphatic carbocycles. The molecule has 6 heteroatoms. The van der Waals surface area contributed by atoms with Crippen LogP contribution >= 0.6 is 34.3 Å². The van der Waals surface area contributed by atoms with Crippen molar-refractivity contribution >= 4 is 40.2 Å². The lowest BCUT2D eigenvalue weighted by atomic mass is 10.0. The van der Waals surface area contributed by atoms with Gasteiger partial charge >= 0.3 is 5.97 Å². The van der Waals surface area contributed by atoms with Gasteiger partial charge in [0.2, 0.25) is 0 Å². The molecule has 0 aliphatic heterocycles. The normalized spacial score (nSPS) is 14.1. The molecule has 0 radical (unpaired) electrons. The molecular formula is C15H18ClNO2S2. The summed E-state index contributed by atoms with van der Waals surface area (Å²) >= 11 is 9.24. The molecule has 2 rings (SSSR count). The van der Waals surface area contributed by atoms with E-state index in [0.29, 0.717) is 0 Å². The molecule has 2 aromatic heterocycles. The first-order chi connectivity index (χ1) is 10.0. The maximum atomic E-state index is 12.0. The van der Waals surface area contributed by atoms with Crippen LogP contribution in [0.1, 0.15) is 29.6 Å². The fourth-order valence-corrected chi connectivity index (χ4v) is 4.10. The molecule has 0 aromatic carbocycles. The summed E-state index contributed by atoms with van der Waals surface area (Å²) in [5, 5.41) is 5.45. The number of nitrogens with one attached hydrogen (secondary N) is 1. The van der Waals surface area contributed by atoms with Crippen LogP contribution in [0.5, 0.6) is 0 Å². The van der Waals surface area contributed by atoms with Gasteiger partial charge in [0.1, 0.15) is 6.04 Å². The highest BCUT2D eigenvalue weighted by molar-refractivity contribution is 7.16. The number of esters is 1. The van der Waals surface area contributed by atoms with Crippen LogP contribution in [0, 0.1) is 5.92 Å². The molecular weight excluding hydrogens is 326 g/mol. The number of halogens is 1. The molecule has 0 saturated carbocycles. The summed E-state index contributed by atoms with van der Waals surface area (Å²) in [5.74, 6) is -0.107. The summed E-state index contributed by atoms with van der Waals surface area (Å²) in [6.45, 7) is 4.00. The zero-order valence-electron chi connectivity index (χ0n) is 12.1. The fraction of sp³-hybridized carbons (Fsp3) is 0.400. The Morgan fingerprint density at radius 3 is 2.52 bits per heavy atom. The number of rotatable bonds is 6. The van der Waals surface area contributed by atoms with Gasteiger partial charge in [0, 0.05) is 9.75 Å². The highest BCUT2D eigenvalue weighted by Gasteiger charge is 2.28. The summed E-state index contributed by atoms with van der Waals surface area (Å²) in [7, 11) is 1.42. The standard InChI is InChI=1S/C15H18ClNO2S2/c1-9(2)13(15(18)19-3)17-14(10-5-4-8-20-10)11-6-7-12(16)21-11/h4-9,13-14,17H,1-3H3. The van der Waals surface area contributed by atoms with Gasteiger partial charge in [-0.1, -0.05) is 31.5 Å². The van der Waals surface area contributed by atoms with Crippen molar-refractivity contribution in [1.82, 2.24) is 5.32 Å². The van der Waals surface area contributed by atoms with Gasteiger partial charge in [-0.2, -0.15) is 0 Å². The van der Waals surface area contributed by atoms with Gasteiger partial charge in [0.05, 0.1) is 17.5 Å². The van der Waals surface area contributed by atoms with E-state index in [4.69, 9.17) is 16.3 Å². The van der Waals surface area contributed by atoms with Crippen LogP contribution in [0.15, 0.2) is 29.6 Å². The molecule has 21 heavy (non-hydrogen) atoms. The lowest BCUT2D eigenvalue weighted by Gasteiger charge is -2.25. The number of methoxy groups -OCH3 is 1. The van der Waals surface area contributed by atoms with E-state index in [1.54, 1.807) is 11.3 Å². The predicted molar refractivity (Wildman–Crippen MR) is 89.3 cm³/mol. The largest absolute Gasteiger partial charge is 0.468 e. The van der Waals surface area contributed by atoms with E-state index < -0.39 is 0 Å². The van der Waals surface area contributed by atoms with Crippen LogP contribution < -0.4 is 5.32 Å². The van der Waals surface area contributed by atoms with Crippen LogP contribution in [-0.2, 0) is 9.53 Å². The molecule has 2 unspecified atom stereocenters. The number of carbonyl (C=O) groups excluding carboxylic acids is 1. The Morgan fingerprint density at radius 2 is 2.05 bits per heavy atom. The molecule has 2 heterocycles. The van der Waals surface area contributed by atoms with Gasteiger partial charge < -0.3 is 4.74 Å². The average Bonchev–Trinajstić information content (AvgIpc) is 3.10. The van der Waals surface area contributed by atoms with Gasteiger partial charge in [-0.15, -0.1) is 22.7 Å². The van der Waals surface area contributed by atoms with Crippen LogP contribution in [0.3, 0.4) is 0 Å². The smallest absolute Gasteiger partial charge is 0.323 e. The zero-order chi connectivity index (χ0) is 15.4. The third-order valence-corrected chi connectivity index (χ3v) is 5.41. The molecule has 0 aliphatic rings. The minimum absolute atomic E-state index is 0.0472. The number of hydrogen-bond acceptors (Lipinski definition) is 5. The topological polar surface area (TPSA) is 38.3 Å². The first kappa shape index (κ1) is 16.5. The minimum atomic E-state index is -0.358. The first-order valence-electron chi connectivity index (χ1n) is 6.65. The van der Waals surface area contributed by atoms with Crippen molar-refractivity contribution in [2.24, 2.45) is 5.92 Å². The van der Waals surface area contributed by atoms with E-state index in [1.165, 1.54) is 18.4 Å². The van der Waals surface area contributed by atoms with Crippen LogP contribution in [0.4, 0.5) is 0 Å². The molecule has 2 aromatic rings. The molecule has 0 spiro atoms. The van der Waals surface area contributed by atoms with Crippen LogP contribution in [0.25, 0.3) is 0 Å². The van der Waals surface area contributed by atoms with Gasteiger partial charge in [-0.05, 0) is 29.5 Å². The molecule has 1 N–H and O–H groups in total. The summed E-state index contributed by atoms with van der Waals surface area (Å²) in [6, 6.07) is 7.54. The molecule has 0 saturated heterocycles. The third-order valence-electron chi connectivity index (χ3n) is 3.17. The highest BCUT2D eigenvalue weighted by atomic mass is 35.5. The van der Waals surface area contributed by atoms with E-state index in [-0.39, 0.29) is 24.0 Å². The number of carbonyl (C=O) groups is 1. The molecule has 0 bridgehead atoms. The van der Waals surface area contributed by atoms with E-state index in [0.717, 1.165) is 14.1 Å². The number of thiophene rings is 2. The summed E-state index contributed by atoms with van der Waals surface area (Å²) < 4.78 is 5.66. The quantitative estimate of drug-likeness (QED) is 0.793. The fourth-order valence-electron chi connectivity index (χ4n) is 2.08. The average molecular weight is 344 g/mol. The minimum Gasteiger partial charge on any atom is -0.468 e. The van der Waals surface area contributed by atoms with Crippen molar-refractivity contribution in [1.29, 1.82) is 0 Å². The van der Waals surface area contributed by atoms with Crippen LogP contribution in [0.2, 0.25) is 4.34 Å². The first-order valence-corrected chi connectivity index (χ1v) is 8.73. The maximum absolute atomic E-state index is 12.0. The second kappa shape index (κ2) is 7.40. The highest BCUT2D eigenvalue weighted by Crippen LogP contribution is 2.33. The van der Waals surface area contributed by atoms with E-state index in [1.807, 2.05) is 37.4 Å². The Balaban J connectivity index is 2.30. The predicted octanol–water partition coefficient (Wildman–Crippen LogP) is 4.34. The van der Waals surface area contributed by atoms with Gasteiger partial charge in [-0.3, -0.25) is 10.1 Å². The Kier molecular flexibility index (Phi) is 5.81. The summed E-state index contributed by atoms with van der Waals surface area (Å²) in [4.78, 5) is 14.2. The van der Waals surface area contributed by atoms with E-state index >= 15 is 0 Å². The third kappa shape index (κ3) is 4.07. The molecule has 2 atom stereocenters. The lowest BCUT2D eigenvalue weighted by Crippen LogP contribution is -2.43. The van der Waals surface area contributed by atoms with E-state index in [2.05, 4.69) is 11.4 Å². The number of ether oxygens (including phenoxy) is 1. The lowest BCUT2D eigenvalue weighted by molar-refractivity contribution is -0.144. The number of hydrogen-bond donors (Lipinski definition) is 1. The SMILES string of the molecule is COC(=O)C(NC(c1cccs1)c1ccc(Cl)s1)C(C)C. The zero-order valence-corrected chi connectivity index (χ0v) is 14.5. The monoisotopic (exact) mass is 343 g/mol. The molecule has 0 amide bonds. The van der Waals surface area contributed by atoms with Crippen LogP contribution in [-0.4, -0.2) is 19.1 Å². The van der Waals surface area contributed by atoms with Crippen molar-refractivity contribution < 1.29 is 9.53 Å². The molecule has 114 valence electrons. The van der Waals surface area contributed by atoms with Gasteiger partial charge in [0.25, 0.3) is 0 Å².